The number of nitrogens with zero attached hydrogens (tertiary/aromatic N) is 2. The first-order valence-corrected chi connectivity index (χ1v) is 7.98. The number of hydrogen-bond acceptors (Lipinski definition) is 7. The van der Waals surface area contributed by atoms with Crippen LogP contribution in [0.5, 0.6) is 17.2 Å². The molecule has 29 heavy (non-hydrogen) atoms. The highest BCUT2D eigenvalue weighted by atomic mass is 19.4. The second kappa shape index (κ2) is 7.34. The van der Waals surface area contributed by atoms with Crippen LogP contribution in [0, 0.1) is 0 Å². The van der Waals surface area contributed by atoms with E-state index in [1.165, 1.54) is 32.4 Å². The molecule has 11 heteroatoms. The van der Waals surface area contributed by atoms with Crippen molar-refractivity contribution in [3.8, 4) is 17.2 Å². The maximum atomic E-state index is 13.3. The van der Waals surface area contributed by atoms with Gasteiger partial charge in [0.1, 0.15) is 17.1 Å². The van der Waals surface area contributed by atoms with Gasteiger partial charge in [-0.25, -0.2) is 14.8 Å². The van der Waals surface area contributed by atoms with Crippen molar-refractivity contribution in [2.45, 2.75) is 6.18 Å². The van der Waals surface area contributed by atoms with Crippen LogP contribution >= 0.6 is 0 Å². The summed E-state index contributed by atoms with van der Waals surface area (Å²) in [6, 6.07) is 6.14. The molecule has 8 nitrogen and oxygen atoms in total. The summed E-state index contributed by atoms with van der Waals surface area (Å²) in [5, 5.41) is 21.6. The number of halogens is 3. The van der Waals surface area contributed by atoms with Gasteiger partial charge in [0.15, 0.2) is 11.5 Å². The van der Waals surface area contributed by atoms with E-state index in [0.29, 0.717) is 0 Å². The number of benzene rings is 2. The van der Waals surface area contributed by atoms with E-state index < -0.39 is 23.7 Å². The topological polar surface area (TPSA) is 114 Å². The third kappa shape index (κ3) is 3.93. The lowest BCUT2D eigenvalue weighted by Crippen LogP contribution is -2.13. The van der Waals surface area contributed by atoms with Crippen molar-refractivity contribution in [3.05, 3.63) is 41.7 Å². The van der Waals surface area contributed by atoms with Crippen LogP contribution in [-0.2, 0) is 6.18 Å². The van der Waals surface area contributed by atoms with E-state index in [1.54, 1.807) is 0 Å². The Labute approximate surface area is 161 Å². The largest absolute Gasteiger partial charge is 0.507 e. The number of nitrogens with one attached hydrogen (secondary N) is 1. The molecule has 1 heterocycles. The smallest absolute Gasteiger partial charge is 0.451 e. The van der Waals surface area contributed by atoms with Gasteiger partial charge in [-0.15, -0.1) is 0 Å². The fraction of sp³-hybridized carbons (Fsp3) is 0.167. The van der Waals surface area contributed by atoms with Gasteiger partial charge in [0.25, 0.3) is 0 Å². The molecule has 3 N–H and O–H groups in total. The summed E-state index contributed by atoms with van der Waals surface area (Å²) < 4.78 is 50.0. The lowest BCUT2D eigenvalue weighted by atomic mass is 10.1. The summed E-state index contributed by atoms with van der Waals surface area (Å²) >= 11 is 0. The molecule has 1 aromatic heterocycles. The highest BCUT2D eigenvalue weighted by Crippen LogP contribution is 2.37. The standard InChI is InChI=1S/C18H14F3N3O5/c1-28-13-6-10-11(7-14(13)29-2)23-17(18(19,20)21)24-15(10)22-8-3-4-9(16(26)27)12(25)5-8/h3-7,25H,1-2H3,(H,26,27)(H,22,23,24). The number of alkyl halides is 3. The van der Waals surface area contributed by atoms with E-state index in [0.717, 1.165) is 12.1 Å². The molecule has 2 aromatic carbocycles. The minimum absolute atomic E-state index is 0.0566. The molecule has 0 atom stereocenters. The molecule has 0 amide bonds. The predicted octanol–water partition coefficient (Wildman–Crippen LogP) is 3.81. The average molecular weight is 409 g/mol. The van der Waals surface area contributed by atoms with E-state index in [9.17, 15) is 23.1 Å². The number of anilines is 2. The highest BCUT2D eigenvalue weighted by Gasteiger charge is 2.36. The second-order valence-electron chi connectivity index (χ2n) is 5.78. The van der Waals surface area contributed by atoms with Crippen molar-refractivity contribution in [1.82, 2.24) is 9.97 Å². The predicted molar refractivity (Wildman–Crippen MR) is 96.0 cm³/mol. The Morgan fingerprint density at radius 1 is 1.07 bits per heavy atom. The molecule has 0 radical (unpaired) electrons. The van der Waals surface area contributed by atoms with E-state index >= 15 is 0 Å². The summed E-state index contributed by atoms with van der Waals surface area (Å²) in [5.41, 5.74) is -0.292. The van der Waals surface area contributed by atoms with Crippen LogP contribution in [0.4, 0.5) is 24.7 Å². The molecule has 0 bridgehead atoms. The number of fused-ring (bicyclic) bond motifs is 1. The number of aromatic hydroxyl groups is 1. The number of carbonyl (C=O) groups is 1. The Hall–Kier alpha value is -3.76. The summed E-state index contributed by atoms with van der Waals surface area (Å²) in [6.07, 6.45) is -4.81. The van der Waals surface area contributed by atoms with Gasteiger partial charge in [-0.1, -0.05) is 0 Å². The van der Waals surface area contributed by atoms with Crippen molar-refractivity contribution in [3.63, 3.8) is 0 Å². The van der Waals surface area contributed by atoms with Gasteiger partial charge in [0.2, 0.25) is 5.82 Å². The number of phenols is 1. The molecule has 0 unspecified atom stereocenters. The summed E-state index contributed by atoms with van der Waals surface area (Å²) in [6.45, 7) is 0. The fourth-order valence-corrected chi connectivity index (χ4v) is 2.60. The summed E-state index contributed by atoms with van der Waals surface area (Å²) in [7, 11) is 2.70. The Bertz CT molecular complexity index is 1100. The van der Waals surface area contributed by atoms with Crippen LogP contribution < -0.4 is 14.8 Å². The second-order valence-corrected chi connectivity index (χ2v) is 5.78. The molecule has 0 aliphatic rings. The normalized spacial score (nSPS) is 11.3. The summed E-state index contributed by atoms with van der Waals surface area (Å²) in [4.78, 5) is 18.1. The quantitative estimate of drug-likeness (QED) is 0.583. The molecule has 0 saturated carbocycles. The molecule has 0 aliphatic carbocycles. The van der Waals surface area contributed by atoms with Gasteiger partial charge in [-0.2, -0.15) is 13.2 Å². The molecule has 3 aromatic rings. The van der Waals surface area contributed by atoms with Crippen LogP contribution in [0.25, 0.3) is 10.9 Å². The minimum Gasteiger partial charge on any atom is -0.507 e. The van der Waals surface area contributed by atoms with Crippen molar-refractivity contribution < 1.29 is 37.7 Å². The Morgan fingerprint density at radius 3 is 2.28 bits per heavy atom. The van der Waals surface area contributed by atoms with Gasteiger partial charge < -0.3 is 25.0 Å². The third-order valence-electron chi connectivity index (χ3n) is 3.95. The number of aromatic carboxylic acids is 1. The SMILES string of the molecule is COc1cc2nc(C(F)(F)F)nc(Nc3ccc(C(=O)O)c(O)c3)c2cc1OC. The number of carboxylic acid groups (broad SMARTS) is 1. The van der Waals surface area contributed by atoms with E-state index in [1.807, 2.05) is 0 Å². The number of hydrogen-bond donors (Lipinski definition) is 3. The number of carboxylic acids is 1. The van der Waals surface area contributed by atoms with Crippen LogP contribution in [0.2, 0.25) is 0 Å². The third-order valence-corrected chi connectivity index (χ3v) is 3.95. The Morgan fingerprint density at radius 2 is 1.72 bits per heavy atom. The van der Waals surface area contributed by atoms with E-state index in [2.05, 4.69) is 15.3 Å². The lowest BCUT2D eigenvalue weighted by molar-refractivity contribution is -0.144. The highest BCUT2D eigenvalue weighted by molar-refractivity contribution is 5.94. The average Bonchev–Trinajstić information content (AvgIpc) is 2.65. The van der Waals surface area contributed by atoms with Crippen molar-refractivity contribution in [2.24, 2.45) is 0 Å². The first kappa shape index (κ1) is 20.0. The zero-order chi connectivity index (χ0) is 21.3. The first-order valence-electron chi connectivity index (χ1n) is 7.98. The van der Waals surface area contributed by atoms with E-state index in [4.69, 9.17) is 14.6 Å². The summed E-state index contributed by atoms with van der Waals surface area (Å²) in [5.74, 6) is -3.08. The molecule has 152 valence electrons. The van der Waals surface area contributed by atoms with Crippen LogP contribution in [-0.4, -0.2) is 40.4 Å². The zero-order valence-corrected chi connectivity index (χ0v) is 15.0. The van der Waals surface area contributed by atoms with Crippen LogP contribution in [0.3, 0.4) is 0 Å². The van der Waals surface area contributed by atoms with Gasteiger partial charge >= 0.3 is 12.1 Å². The number of methoxy groups -OCH3 is 2. The lowest BCUT2D eigenvalue weighted by Gasteiger charge is -2.15. The molecular formula is C18H14F3N3O5. The fourth-order valence-electron chi connectivity index (χ4n) is 2.60. The Balaban J connectivity index is 2.19. The molecule has 0 saturated heterocycles. The van der Waals surface area contributed by atoms with Crippen LogP contribution in [0.1, 0.15) is 16.2 Å². The minimum atomic E-state index is -4.81. The number of rotatable bonds is 5. The zero-order valence-electron chi connectivity index (χ0n) is 15.0. The van der Waals surface area contributed by atoms with Gasteiger partial charge in [0, 0.05) is 23.2 Å². The van der Waals surface area contributed by atoms with Crippen molar-refractivity contribution in [1.29, 1.82) is 0 Å². The molecule has 0 fully saturated rings. The molecule has 0 spiro atoms. The van der Waals surface area contributed by atoms with Crippen molar-refractivity contribution >= 4 is 28.4 Å². The maximum absolute atomic E-state index is 13.3. The number of aromatic nitrogens is 2. The Kier molecular flexibility index (Phi) is 5.06. The van der Waals surface area contributed by atoms with Crippen LogP contribution in [0.15, 0.2) is 30.3 Å². The molecule has 0 aliphatic heterocycles. The molecular weight excluding hydrogens is 395 g/mol. The van der Waals surface area contributed by atoms with Crippen molar-refractivity contribution in [2.75, 3.05) is 19.5 Å². The van der Waals surface area contributed by atoms with Gasteiger partial charge in [0.05, 0.1) is 19.7 Å². The van der Waals surface area contributed by atoms with Gasteiger partial charge in [-0.05, 0) is 18.2 Å². The maximum Gasteiger partial charge on any atom is 0.451 e. The monoisotopic (exact) mass is 409 g/mol. The number of ether oxygens (including phenoxy) is 2. The van der Waals surface area contributed by atoms with E-state index in [-0.39, 0.29) is 39.5 Å². The molecule has 3 rings (SSSR count). The first-order chi connectivity index (χ1) is 13.6. The van der Waals surface area contributed by atoms with Gasteiger partial charge in [-0.3, -0.25) is 0 Å².